The lowest BCUT2D eigenvalue weighted by Gasteiger charge is -2.16. The molecule has 1 aromatic heterocycles. The number of amides is 1. The van der Waals surface area contributed by atoms with E-state index in [1.165, 1.54) is 4.88 Å². The lowest BCUT2D eigenvalue weighted by Crippen LogP contribution is -2.26. The highest BCUT2D eigenvalue weighted by atomic mass is 79.9. The van der Waals surface area contributed by atoms with Gasteiger partial charge in [0.25, 0.3) is 0 Å². The molecule has 0 spiro atoms. The summed E-state index contributed by atoms with van der Waals surface area (Å²) in [7, 11) is 0. The van der Waals surface area contributed by atoms with Gasteiger partial charge in [0.05, 0.1) is 16.1 Å². The maximum atomic E-state index is 11.5. The molecule has 1 aromatic rings. The van der Waals surface area contributed by atoms with Crippen LogP contribution in [-0.4, -0.2) is 16.4 Å². The molecular formula is C11H16BrNOS2. The Hall–Kier alpha value is -0.0000000000000000833. The molecule has 1 heterocycles. The molecule has 0 aromatic carbocycles. The van der Waals surface area contributed by atoms with Crippen LogP contribution < -0.4 is 5.32 Å². The van der Waals surface area contributed by atoms with Crippen molar-refractivity contribution in [1.82, 2.24) is 5.32 Å². The van der Waals surface area contributed by atoms with E-state index in [1.54, 1.807) is 23.1 Å². The lowest BCUT2D eigenvalue weighted by atomic mass is 10.3. The van der Waals surface area contributed by atoms with Crippen molar-refractivity contribution in [3.05, 3.63) is 20.8 Å². The number of thiophene rings is 1. The van der Waals surface area contributed by atoms with Gasteiger partial charge in [-0.3, -0.25) is 4.79 Å². The second-order valence-electron chi connectivity index (χ2n) is 4.38. The summed E-state index contributed by atoms with van der Waals surface area (Å²) in [5.41, 5.74) is 0. The predicted molar refractivity (Wildman–Crippen MR) is 76.1 cm³/mol. The van der Waals surface area contributed by atoms with Gasteiger partial charge in [0.1, 0.15) is 0 Å². The van der Waals surface area contributed by atoms with Crippen LogP contribution in [0.1, 0.15) is 25.6 Å². The Morgan fingerprint density at radius 1 is 1.50 bits per heavy atom. The van der Waals surface area contributed by atoms with Gasteiger partial charge in [0.2, 0.25) is 5.91 Å². The Morgan fingerprint density at radius 3 is 2.69 bits per heavy atom. The Labute approximate surface area is 113 Å². The molecule has 90 valence electrons. The zero-order valence-corrected chi connectivity index (χ0v) is 12.9. The molecule has 0 unspecified atom stereocenters. The van der Waals surface area contributed by atoms with Gasteiger partial charge in [0.15, 0.2) is 0 Å². The first-order valence-corrected chi connectivity index (χ1v) is 7.61. The Balaban J connectivity index is 2.25. The van der Waals surface area contributed by atoms with Crippen molar-refractivity contribution in [2.75, 3.05) is 5.75 Å². The van der Waals surface area contributed by atoms with Crippen molar-refractivity contribution in [2.45, 2.75) is 32.1 Å². The van der Waals surface area contributed by atoms with Gasteiger partial charge in [-0.25, -0.2) is 0 Å². The van der Waals surface area contributed by atoms with Crippen LogP contribution >= 0.6 is 39.0 Å². The molecule has 1 N–H and O–H groups in total. The van der Waals surface area contributed by atoms with Gasteiger partial charge in [-0.2, -0.15) is 0 Å². The van der Waals surface area contributed by atoms with Crippen LogP contribution in [-0.2, 0) is 11.3 Å². The molecule has 2 nitrogen and oxygen atoms in total. The molecule has 0 aliphatic rings. The molecule has 16 heavy (non-hydrogen) atoms. The highest BCUT2D eigenvalue weighted by Crippen LogP contribution is 2.23. The Morgan fingerprint density at radius 2 is 2.19 bits per heavy atom. The third-order valence-corrected chi connectivity index (χ3v) is 4.62. The van der Waals surface area contributed by atoms with E-state index >= 15 is 0 Å². The smallest absolute Gasteiger partial charge is 0.230 e. The predicted octanol–water partition coefficient (Wildman–Crippen LogP) is 3.66. The van der Waals surface area contributed by atoms with Crippen LogP contribution in [0.4, 0.5) is 0 Å². The first-order chi connectivity index (χ1) is 7.37. The molecule has 0 bridgehead atoms. The molecule has 0 aliphatic carbocycles. The minimum atomic E-state index is 0.101. The molecule has 1 rings (SSSR count). The summed E-state index contributed by atoms with van der Waals surface area (Å²) in [6.07, 6.45) is 0. The third kappa shape index (κ3) is 5.92. The maximum Gasteiger partial charge on any atom is 0.230 e. The summed E-state index contributed by atoms with van der Waals surface area (Å²) in [6.45, 7) is 6.96. The summed E-state index contributed by atoms with van der Waals surface area (Å²) in [5, 5.41) is 2.91. The summed E-state index contributed by atoms with van der Waals surface area (Å²) in [4.78, 5) is 12.7. The van der Waals surface area contributed by atoms with Crippen LogP contribution in [0.2, 0.25) is 0 Å². The van der Waals surface area contributed by atoms with Crippen LogP contribution in [0, 0.1) is 0 Å². The molecule has 0 atom stereocenters. The number of hydrogen-bond acceptors (Lipinski definition) is 3. The number of halogens is 1. The second kappa shape index (κ2) is 6.07. The van der Waals surface area contributed by atoms with Crippen molar-refractivity contribution in [1.29, 1.82) is 0 Å². The number of carbonyl (C=O) groups is 1. The molecule has 1 amide bonds. The number of nitrogens with one attached hydrogen (secondary N) is 1. The monoisotopic (exact) mass is 321 g/mol. The summed E-state index contributed by atoms with van der Waals surface area (Å²) >= 11 is 6.71. The third-order valence-electron chi connectivity index (χ3n) is 1.72. The average molecular weight is 322 g/mol. The quantitative estimate of drug-likeness (QED) is 0.917. The van der Waals surface area contributed by atoms with E-state index in [4.69, 9.17) is 0 Å². The lowest BCUT2D eigenvalue weighted by molar-refractivity contribution is -0.118. The van der Waals surface area contributed by atoms with Crippen LogP contribution in [0.5, 0.6) is 0 Å². The van der Waals surface area contributed by atoms with Crippen molar-refractivity contribution in [3.63, 3.8) is 0 Å². The zero-order valence-electron chi connectivity index (χ0n) is 9.67. The fourth-order valence-corrected chi connectivity index (χ4v) is 3.05. The highest BCUT2D eigenvalue weighted by molar-refractivity contribution is 9.11. The molecule has 5 heteroatoms. The zero-order chi connectivity index (χ0) is 12.2. The first kappa shape index (κ1) is 14.1. The number of hydrogen-bond donors (Lipinski definition) is 1. The van der Waals surface area contributed by atoms with E-state index in [0.29, 0.717) is 12.3 Å². The normalized spacial score (nSPS) is 11.5. The van der Waals surface area contributed by atoms with Crippen molar-refractivity contribution < 1.29 is 4.79 Å². The number of carbonyl (C=O) groups excluding carboxylic acids is 1. The largest absolute Gasteiger partial charge is 0.350 e. The topological polar surface area (TPSA) is 29.1 Å². The summed E-state index contributed by atoms with van der Waals surface area (Å²) < 4.78 is 1.24. The van der Waals surface area contributed by atoms with Crippen LogP contribution in [0.25, 0.3) is 0 Å². The van der Waals surface area contributed by atoms with Gasteiger partial charge >= 0.3 is 0 Å². The van der Waals surface area contributed by atoms with E-state index in [2.05, 4.69) is 42.0 Å². The van der Waals surface area contributed by atoms with Crippen LogP contribution in [0.15, 0.2) is 15.9 Å². The fraction of sp³-hybridized carbons (Fsp3) is 0.545. The van der Waals surface area contributed by atoms with E-state index in [1.807, 2.05) is 12.1 Å². The Kier molecular flexibility index (Phi) is 5.34. The molecule has 0 saturated heterocycles. The van der Waals surface area contributed by atoms with E-state index in [0.717, 1.165) is 3.79 Å². The van der Waals surface area contributed by atoms with Gasteiger partial charge in [0, 0.05) is 9.62 Å². The summed E-state index contributed by atoms with van der Waals surface area (Å²) in [5.74, 6) is 0.625. The van der Waals surface area contributed by atoms with E-state index in [-0.39, 0.29) is 10.7 Å². The molecule has 0 fully saturated rings. The second-order valence-corrected chi connectivity index (χ2v) is 8.73. The van der Waals surface area contributed by atoms with Gasteiger partial charge < -0.3 is 5.32 Å². The minimum absolute atomic E-state index is 0.101. The molecule has 0 aliphatic heterocycles. The first-order valence-electron chi connectivity index (χ1n) is 5.02. The van der Waals surface area contributed by atoms with Gasteiger partial charge in [-0.05, 0) is 28.1 Å². The van der Waals surface area contributed by atoms with E-state index < -0.39 is 0 Å². The van der Waals surface area contributed by atoms with Crippen molar-refractivity contribution in [3.8, 4) is 0 Å². The number of thioether (sulfide) groups is 1. The Bertz CT molecular complexity index is 357. The molecule has 0 saturated carbocycles. The SMILES string of the molecule is CC(C)(C)SCC(=O)NCc1ccc(Br)s1. The number of rotatable bonds is 4. The van der Waals surface area contributed by atoms with Gasteiger partial charge in [-0.1, -0.05) is 20.8 Å². The van der Waals surface area contributed by atoms with Crippen LogP contribution in [0.3, 0.4) is 0 Å². The summed E-state index contributed by atoms with van der Waals surface area (Å²) in [6, 6.07) is 4.02. The standard InChI is InChI=1S/C11H16BrNOS2/c1-11(2,3)15-7-10(14)13-6-8-4-5-9(12)16-8/h4-5H,6-7H2,1-3H3,(H,13,14). The minimum Gasteiger partial charge on any atom is -0.350 e. The molecule has 0 radical (unpaired) electrons. The molecular weight excluding hydrogens is 306 g/mol. The van der Waals surface area contributed by atoms with E-state index in [9.17, 15) is 4.79 Å². The van der Waals surface area contributed by atoms with Crippen molar-refractivity contribution in [2.24, 2.45) is 0 Å². The average Bonchev–Trinajstić information content (AvgIpc) is 2.57. The highest BCUT2D eigenvalue weighted by Gasteiger charge is 2.13. The maximum absolute atomic E-state index is 11.5. The van der Waals surface area contributed by atoms with Gasteiger partial charge in [-0.15, -0.1) is 23.1 Å². The van der Waals surface area contributed by atoms with Crippen molar-refractivity contribution >= 4 is 44.9 Å². The fourth-order valence-electron chi connectivity index (χ4n) is 0.966.